The largest absolute Gasteiger partial charge is 0.317 e. The van der Waals surface area contributed by atoms with Crippen LogP contribution in [0.1, 0.15) is 52.4 Å². The molecule has 0 radical (unpaired) electrons. The summed E-state index contributed by atoms with van der Waals surface area (Å²) in [5.41, 5.74) is 0.541. The molecule has 122 valence electrons. The molecular formula is C18H35N3. The minimum atomic E-state index is 0.541. The van der Waals surface area contributed by atoms with E-state index in [4.69, 9.17) is 0 Å². The van der Waals surface area contributed by atoms with E-state index in [1.807, 2.05) is 0 Å². The first-order chi connectivity index (χ1) is 9.98. The van der Waals surface area contributed by atoms with E-state index in [1.165, 1.54) is 58.2 Å². The van der Waals surface area contributed by atoms with Gasteiger partial charge in [-0.25, -0.2) is 0 Å². The molecule has 2 saturated heterocycles. The Labute approximate surface area is 131 Å². The maximum atomic E-state index is 3.60. The average molecular weight is 293 g/mol. The highest BCUT2D eigenvalue weighted by atomic mass is 15.3. The van der Waals surface area contributed by atoms with Gasteiger partial charge < -0.3 is 10.2 Å². The highest BCUT2D eigenvalue weighted by Gasteiger charge is 2.38. The summed E-state index contributed by atoms with van der Waals surface area (Å²) < 4.78 is 0. The standard InChI is InChI=1S/C18H35N3/c1-18(2)9-7-17(19-3)14(11-18)12-21-10-8-15-5-6-16(13-21)20(15)4/h14-17,19H,5-13H2,1-4H3. The summed E-state index contributed by atoms with van der Waals surface area (Å²) in [7, 11) is 4.51. The van der Waals surface area contributed by atoms with Gasteiger partial charge in [-0.1, -0.05) is 13.8 Å². The van der Waals surface area contributed by atoms with Gasteiger partial charge in [-0.05, 0) is 70.5 Å². The molecule has 1 saturated carbocycles. The first-order valence-electron chi connectivity index (χ1n) is 9.10. The number of likely N-dealkylation sites (tertiary alicyclic amines) is 1. The number of fused-ring (bicyclic) bond motifs is 2. The Morgan fingerprint density at radius 2 is 1.86 bits per heavy atom. The number of nitrogens with zero attached hydrogens (tertiary/aromatic N) is 2. The van der Waals surface area contributed by atoms with Gasteiger partial charge in [0.25, 0.3) is 0 Å². The van der Waals surface area contributed by atoms with Crippen LogP contribution in [0.15, 0.2) is 0 Å². The molecule has 21 heavy (non-hydrogen) atoms. The quantitative estimate of drug-likeness (QED) is 0.863. The lowest BCUT2D eigenvalue weighted by Crippen LogP contribution is -2.48. The fraction of sp³-hybridized carbons (Fsp3) is 1.00. The van der Waals surface area contributed by atoms with Crippen LogP contribution in [0.2, 0.25) is 0 Å². The van der Waals surface area contributed by atoms with Crippen molar-refractivity contribution in [3.05, 3.63) is 0 Å². The number of hydrogen-bond acceptors (Lipinski definition) is 3. The zero-order valence-corrected chi connectivity index (χ0v) is 14.6. The van der Waals surface area contributed by atoms with Gasteiger partial charge >= 0.3 is 0 Å². The van der Waals surface area contributed by atoms with Crippen LogP contribution in [-0.4, -0.2) is 61.7 Å². The summed E-state index contributed by atoms with van der Waals surface area (Å²) in [6.07, 6.45) is 8.36. The first kappa shape index (κ1) is 15.8. The molecule has 1 N–H and O–H groups in total. The molecule has 3 rings (SSSR count). The Bertz CT molecular complexity index is 354. The summed E-state index contributed by atoms with van der Waals surface area (Å²) in [6, 6.07) is 2.42. The van der Waals surface area contributed by atoms with Crippen LogP contribution in [-0.2, 0) is 0 Å². The predicted molar refractivity (Wildman–Crippen MR) is 89.6 cm³/mol. The van der Waals surface area contributed by atoms with Gasteiger partial charge in [0.05, 0.1) is 0 Å². The van der Waals surface area contributed by atoms with E-state index in [-0.39, 0.29) is 0 Å². The van der Waals surface area contributed by atoms with Crippen molar-refractivity contribution in [2.45, 2.75) is 70.5 Å². The Kier molecular flexibility index (Phi) is 4.63. The molecule has 1 aliphatic carbocycles. The fourth-order valence-electron chi connectivity index (χ4n) is 5.18. The summed E-state index contributed by atoms with van der Waals surface area (Å²) >= 11 is 0. The lowest BCUT2D eigenvalue weighted by Gasteiger charge is -2.43. The zero-order chi connectivity index (χ0) is 15.0. The molecule has 2 heterocycles. The van der Waals surface area contributed by atoms with Crippen molar-refractivity contribution in [3.63, 3.8) is 0 Å². The van der Waals surface area contributed by atoms with Gasteiger partial charge in [-0.3, -0.25) is 4.90 Å². The van der Waals surface area contributed by atoms with E-state index in [9.17, 15) is 0 Å². The van der Waals surface area contributed by atoms with Gasteiger partial charge in [0.1, 0.15) is 0 Å². The topological polar surface area (TPSA) is 18.5 Å². The predicted octanol–water partition coefficient (Wildman–Crippen LogP) is 2.57. The normalized spacial score (nSPS) is 41.1. The Balaban J connectivity index is 1.62. The fourth-order valence-corrected chi connectivity index (χ4v) is 5.18. The smallest absolute Gasteiger partial charge is 0.0223 e. The van der Waals surface area contributed by atoms with Crippen molar-refractivity contribution >= 4 is 0 Å². The van der Waals surface area contributed by atoms with Gasteiger partial charge in [-0.15, -0.1) is 0 Å². The number of likely N-dealkylation sites (N-methyl/N-ethyl adjacent to an activating group) is 1. The van der Waals surface area contributed by atoms with E-state index in [0.29, 0.717) is 5.41 Å². The van der Waals surface area contributed by atoms with Crippen molar-refractivity contribution in [2.24, 2.45) is 11.3 Å². The third-order valence-electron chi connectivity index (χ3n) is 6.61. The highest BCUT2D eigenvalue weighted by Crippen LogP contribution is 2.39. The second-order valence-corrected chi connectivity index (χ2v) is 8.66. The molecule has 0 spiro atoms. The van der Waals surface area contributed by atoms with E-state index >= 15 is 0 Å². The third-order valence-corrected chi connectivity index (χ3v) is 6.61. The second kappa shape index (κ2) is 6.17. The van der Waals surface area contributed by atoms with Crippen LogP contribution in [0, 0.1) is 11.3 Å². The Morgan fingerprint density at radius 1 is 1.10 bits per heavy atom. The van der Waals surface area contributed by atoms with Gasteiger partial charge in [0, 0.05) is 31.2 Å². The van der Waals surface area contributed by atoms with E-state index in [2.05, 4.69) is 43.1 Å². The van der Waals surface area contributed by atoms with Crippen molar-refractivity contribution < 1.29 is 0 Å². The van der Waals surface area contributed by atoms with Crippen molar-refractivity contribution in [1.82, 2.24) is 15.1 Å². The van der Waals surface area contributed by atoms with E-state index in [0.717, 1.165) is 24.0 Å². The highest BCUT2D eigenvalue weighted by molar-refractivity contribution is 4.94. The molecule has 2 aliphatic heterocycles. The van der Waals surface area contributed by atoms with Crippen LogP contribution in [0.3, 0.4) is 0 Å². The van der Waals surface area contributed by atoms with Crippen molar-refractivity contribution in [3.8, 4) is 0 Å². The molecule has 3 fully saturated rings. The molecule has 2 bridgehead atoms. The Morgan fingerprint density at radius 3 is 2.62 bits per heavy atom. The SMILES string of the molecule is CNC1CCC(C)(C)CC1CN1CCC2CCC(C1)N2C. The van der Waals surface area contributed by atoms with Crippen LogP contribution in [0.5, 0.6) is 0 Å². The third kappa shape index (κ3) is 3.46. The van der Waals surface area contributed by atoms with Crippen molar-refractivity contribution in [2.75, 3.05) is 33.7 Å². The molecule has 0 aromatic carbocycles. The Hall–Kier alpha value is -0.120. The molecule has 0 amide bonds. The van der Waals surface area contributed by atoms with E-state index < -0.39 is 0 Å². The summed E-state index contributed by atoms with van der Waals surface area (Å²) in [4.78, 5) is 5.46. The van der Waals surface area contributed by atoms with Crippen LogP contribution < -0.4 is 5.32 Å². The molecule has 4 atom stereocenters. The number of nitrogens with one attached hydrogen (secondary N) is 1. The maximum Gasteiger partial charge on any atom is 0.0223 e. The summed E-state index contributed by atoms with van der Waals surface area (Å²) in [5, 5.41) is 3.60. The average Bonchev–Trinajstić information content (AvgIpc) is 2.66. The summed E-state index contributed by atoms with van der Waals surface area (Å²) in [6.45, 7) is 8.86. The molecule has 3 heteroatoms. The van der Waals surface area contributed by atoms with Gasteiger partial charge in [0.15, 0.2) is 0 Å². The second-order valence-electron chi connectivity index (χ2n) is 8.66. The van der Waals surface area contributed by atoms with E-state index in [1.54, 1.807) is 0 Å². The van der Waals surface area contributed by atoms with Crippen molar-refractivity contribution in [1.29, 1.82) is 0 Å². The maximum absolute atomic E-state index is 3.60. The molecule has 3 aliphatic rings. The lowest BCUT2D eigenvalue weighted by molar-refractivity contribution is 0.0986. The van der Waals surface area contributed by atoms with Gasteiger partial charge in [-0.2, -0.15) is 0 Å². The molecule has 0 aromatic heterocycles. The molecule has 4 unspecified atom stereocenters. The minimum Gasteiger partial charge on any atom is -0.317 e. The molecular weight excluding hydrogens is 258 g/mol. The number of hydrogen-bond donors (Lipinski definition) is 1. The summed E-state index contributed by atoms with van der Waals surface area (Å²) in [5.74, 6) is 0.834. The van der Waals surface area contributed by atoms with Gasteiger partial charge in [0.2, 0.25) is 0 Å². The van der Waals surface area contributed by atoms with Crippen LogP contribution >= 0.6 is 0 Å². The lowest BCUT2D eigenvalue weighted by atomic mass is 9.69. The minimum absolute atomic E-state index is 0.541. The number of rotatable bonds is 3. The van der Waals surface area contributed by atoms with Crippen LogP contribution in [0.4, 0.5) is 0 Å². The van der Waals surface area contributed by atoms with Crippen LogP contribution in [0.25, 0.3) is 0 Å². The molecule has 0 aromatic rings. The zero-order valence-electron chi connectivity index (χ0n) is 14.6. The first-order valence-corrected chi connectivity index (χ1v) is 9.10. The monoisotopic (exact) mass is 293 g/mol. The molecule has 3 nitrogen and oxygen atoms in total.